The third-order valence-corrected chi connectivity index (χ3v) is 4.40. The fourth-order valence-corrected chi connectivity index (χ4v) is 3.39. The molecule has 6 nitrogen and oxygen atoms in total. The van der Waals surface area contributed by atoms with Crippen LogP contribution in [0.4, 0.5) is 5.82 Å². The van der Waals surface area contributed by atoms with Crippen molar-refractivity contribution in [3.8, 4) is 0 Å². The highest BCUT2D eigenvalue weighted by Crippen LogP contribution is 2.28. The van der Waals surface area contributed by atoms with Gasteiger partial charge < -0.3 is 4.90 Å². The molecule has 0 spiro atoms. The first kappa shape index (κ1) is 14.1. The van der Waals surface area contributed by atoms with Crippen molar-refractivity contribution >= 4 is 11.5 Å². The Balaban J connectivity index is 1.64. The molecular formula is C17H20N6. The first-order valence-corrected chi connectivity index (χ1v) is 8.07. The lowest BCUT2D eigenvalue weighted by molar-refractivity contribution is 0.485. The summed E-state index contributed by atoms with van der Waals surface area (Å²) >= 11 is 0. The summed E-state index contributed by atoms with van der Waals surface area (Å²) in [4.78, 5) is 11.3. The van der Waals surface area contributed by atoms with Gasteiger partial charge in [0.05, 0.1) is 0 Å². The van der Waals surface area contributed by atoms with Crippen molar-refractivity contribution in [1.82, 2.24) is 24.6 Å². The van der Waals surface area contributed by atoms with Gasteiger partial charge in [0.15, 0.2) is 5.65 Å². The van der Waals surface area contributed by atoms with Crippen LogP contribution in [-0.4, -0.2) is 37.7 Å². The lowest BCUT2D eigenvalue weighted by Crippen LogP contribution is -2.35. The summed E-state index contributed by atoms with van der Waals surface area (Å²) in [5, 5.41) is 8.72. The third kappa shape index (κ3) is 2.65. The minimum atomic E-state index is 0.372. The molecule has 0 bridgehead atoms. The van der Waals surface area contributed by atoms with Crippen molar-refractivity contribution in [2.24, 2.45) is 0 Å². The van der Waals surface area contributed by atoms with Gasteiger partial charge in [0.25, 0.3) is 0 Å². The van der Waals surface area contributed by atoms with Crippen LogP contribution in [0.15, 0.2) is 30.5 Å². The molecule has 4 rings (SSSR count). The first-order valence-electron chi connectivity index (χ1n) is 8.07. The second kappa shape index (κ2) is 5.61. The monoisotopic (exact) mass is 308 g/mol. The van der Waals surface area contributed by atoms with Crippen LogP contribution in [0.2, 0.25) is 0 Å². The summed E-state index contributed by atoms with van der Waals surface area (Å²) in [6, 6.07) is 8.08. The average molecular weight is 308 g/mol. The van der Waals surface area contributed by atoms with Crippen LogP contribution < -0.4 is 4.90 Å². The highest BCUT2D eigenvalue weighted by molar-refractivity contribution is 5.42. The molecule has 1 aliphatic rings. The summed E-state index contributed by atoms with van der Waals surface area (Å²) in [5.41, 5.74) is 1.93. The van der Waals surface area contributed by atoms with Gasteiger partial charge in [-0.2, -0.15) is 0 Å². The lowest BCUT2D eigenvalue weighted by atomic mass is 9.97. The van der Waals surface area contributed by atoms with E-state index in [1.807, 2.05) is 38.2 Å². The number of piperidine rings is 1. The van der Waals surface area contributed by atoms with E-state index in [1.54, 1.807) is 0 Å². The van der Waals surface area contributed by atoms with Gasteiger partial charge in [-0.15, -0.1) is 10.2 Å². The van der Waals surface area contributed by atoms with Gasteiger partial charge in [-0.05, 0) is 38.8 Å². The molecule has 0 radical (unpaired) electrons. The summed E-state index contributed by atoms with van der Waals surface area (Å²) in [6.07, 6.45) is 4.31. The summed E-state index contributed by atoms with van der Waals surface area (Å²) in [7, 11) is 0. The largest absolute Gasteiger partial charge is 0.356 e. The number of hydrogen-bond acceptors (Lipinski definition) is 5. The van der Waals surface area contributed by atoms with E-state index >= 15 is 0 Å². The smallest absolute Gasteiger partial charge is 0.160 e. The van der Waals surface area contributed by atoms with Crippen LogP contribution in [0.1, 0.15) is 36.1 Å². The number of nitrogens with zero attached hydrogens (tertiary/aromatic N) is 6. The number of anilines is 1. The number of pyridine rings is 1. The topological polar surface area (TPSA) is 59.2 Å². The zero-order chi connectivity index (χ0) is 15.8. The van der Waals surface area contributed by atoms with Crippen LogP contribution in [-0.2, 0) is 0 Å². The number of rotatable bonds is 2. The highest BCUT2D eigenvalue weighted by atomic mass is 15.3. The fraction of sp³-hybridized carbons (Fsp3) is 0.412. The number of aryl methyl sites for hydroxylation is 2. The van der Waals surface area contributed by atoms with E-state index in [0.29, 0.717) is 5.92 Å². The van der Waals surface area contributed by atoms with Crippen molar-refractivity contribution in [2.75, 3.05) is 18.0 Å². The molecule has 23 heavy (non-hydrogen) atoms. The molecule has 1 unspecified atom stereocenters. The quantitative estimate of drug-likeness (QED) is 0.728. The van der Waals surface area contributed by atoms with Crippen molar-refractivity contribution in [3.05, 3.63) is 47.8 Å². The normalized spacial score (nSPS) is 18.5. The van der Waals surface area contributed by atoms with E-state index in [-0.39, 0.29) is 0 Å². The Morgan fingerprint density at radius 3 is 2.91 bits per heavy atom. The summed E-state index contributed by atoms with van der Waals surface area (Å²) < 4.78 is 2.10. The number of fused-ring (bicyclic) bond motifs is 1. The molecule has 6 heteroatoms. The van der Waals surface area contributed by atoms with E-state index in [9.17, 15) is 0 Å². The molecule has 0 aliphatic carbocycles. The second-order valence-corrected chi connectivity index (χ2v) is 6.19. The highest BCUT2D eigenvalue weighted by Gasteiger charge is 2.26. The molecule has 1 atom stereocenters. The molecule has 0 saturated carbocycles. The average Bonchev–Trinajstić information content (AvgIpc) is 2.98. The maximum atomic E-state index is 4.61. The Labute approximate surface area is 135 Å². The van der Waals surface area contributed by atoms with Gasteiger partial charge in [0.2, 0.25) is 0 Å². The van der Waals surface area contributed by atoms with Crippen LogP contribution >= 0.6 is 0 Å². The zero-order valence-electron chi connectivity index (χ0n) is 13.5. The molecule has 0 N–H and O–H groups in total. The molecule has 0 amide bonds. The van der Waals surface area contributed by atoms with Crippen molar-refractivity contribution in [3.63, 3.8) is 0 Å². The molecular weight excluding hydrogens is 288 g/mol. The SMILES string of the molecule is Cc1cc(N2CCCC(c3nnc4ccccn34)C2)nc(C)n1. The van der Waals surface area contributed by atoms with Crippen LogP contribution in [0.25, 0.3) is 5.65 Å². The predicted molar refractivity (Wildman–Crippen MR) is 88.7 cm³/mol. The summed E-state index contributed by atoms with van der Waals surface area (Å²) in [6.45, 7) is 5.92. The van der Waals surface area contributed by atoms with E-state index in [0.717, 1.165) is 54.7 Å². The zero-order valence-corrected chi connectivity index (χ0v) is 13.5. The molecule has 4 heterocycles. The maximum absolute atomic E-state index is 4.61. The number of hydrogen-bond donors (Lipinski definition) is 0. The Bertz CT molecular complexity index is 820. The Morgan fingerprint density at radius 1 is 1.13 bits per heavy atom. The first-order chi connectivity index (χ1) is 11.2. The van der Waals surface area contributed by atoms with E-state index < -0.39 is 0 Å². The van der Waals surface area contributed by atoms with Gasteiger partial charge >= 0.3 is 0 Å². The molecule has 1 saturated heterocycles. The lowest BCUT2D eigenvalue weighted by Gasteiger charge is -2.33. The minimum Gasteiger partial charge on any atom is -0.356 e. The Kier molecular flexibility index (Phi) is 3.44. The molecule has 3 aromatic heterocycles. The van der Waals surface area contributed by atoms with Gasteiger partial charge in [-0.3, -0.25) is 4.40 Å². The maximum Gasteiger partial charge on any atom is 0.160 e. The summed E-state index contributed by atoms with van der Waals surface area (Å²) in [5.74, 6) is 3.27. The van der Waals surface area contributed by atoms with E-state index in [2.05, 4.69) is 35.5 Å². The number of aromatic nitrogens is 5. The van der Waals surface area contributed by atoms with Gasteiger partial charge in [-0.1, -0.05) is 6.07 Å². The molecule has 1 fully saturated rings. The van der Waals surface area contributed by atoms with Gasteiger partial charge in [0, 0.05) is 37.0 Å². The molecule has 3 aromatic rings. The van der Waals surface area contributed by atoms with Gasteiger partial charge in [-0.25, -0.2) is 9.97 Å². The Morgan fingerprint density at radius 2 is 2.04 bits per heavy atom. The van der Waals surface area contributed by atoms with Crippen LogP contribution in [0, 0.1) is 13.8 Å². The minimum absolute atomic E-state index is 0.372. The van der Waals surface area contributed by atoms with Gasteiger partial charge in [0.1, 0.15) is 17.5 Å². The molecule has 1 aliphatic heterocycles. The van der Waals surface area contributed by atoms with E-state index in [1.165, 1.54) is 0 Å². The fourth-order valence-electron chi connectivity index (χ4n) is 3.39. The van der Waals surface area contributed by atoms with Crippen molar-refractivity contribution in [1.29, 1.82) is 0 Å². The Hall–Kier alpha value is -2.50. The van der Waals surface area contributed by atoms with Crippen LogP contribution in [0.5, 0.6) is 0 Å². The second-order valence-electron chi connectivity index (χ2n) is 6.19. The molecule has 118 valence electrons. The standard InChI is InChI=1S/C17H20N6/c1-12-10-16(19-13(2)18-12)22-8-5-6-14(11-22)17-21-20-15-7-3-4-9-23(15)17/h3-4,7,9-10,14H,5-6,8,11H2,1-2H3. The molecule has 0 aromatic carbocycles. The van der Waals surface area contributed by atoms with Crippen molar-refractivity contribution in [2.45, 2.75) is 32.6 Å². The van der Waals surface area contributed by atoms with E-state index in [4.69, 9.17) is 0 Å². The van der Waals surface area contributed by atoms with Crippen LogP contribution in [0.3, 0.4) is 0 Å². The van der Waals surface area contributed by atoms with Crippen molar-refractivity contribution < 1.29 is 0 Å². The third-order valence-electron chi connectivity index (χ3n) is 4.40. The predicted octanol–water partition coefficient (Wildman–Crippen LogP) is 2.52.